The molecule has 23 heavy (non-hydrogen) atoms. The van der Waals surface area contributed by atoms with Crippen LogP contribution >= 0.6 is 15.9 Å². The Kier molecular flexibility index (Phi) is 6.03. The van der Waals surface area contributed by atoms with Crippen LogP contribution in [0.15, 0.2) is 22.9 Å². The van der Waals surface area contributed by atoms with Crippen molar-refractivity contribution in [2.24, 2.45) is 0 Å². The molecular weight excluding hydrogens is 358 g/mol. The summed E-state index contributed by atoms with van der Waals surface area (Å²) in [6.45, 7) is 8.49. The fourth-order valence-corrected chi connectivity index (χ4v) is 3.19. The molecule has 0 unspecified atom stereocenters. The lowest BCUT2D eigenvalue weighted by molar-refractivity contribution is 0.0130. The first-order valence-electron chi connectivity index (χ1n) is 8.03. The number of piperidine rings is 1. The Morgan fingerprint density at radius 1 is 1.52 bits per heavy atom. The van der Waals surface area contributed by atoms with Gasteiger partial charge in [-0.15, -0.1) is 0 Å². The molecule has 0 radical (unpaired) electrons. The fourth-order valence-electron chi connectivity index (χ4n) is 2.77. The van der Waals surface area contributed by atoms with E-state index < -0.39 is 5.60 Å². The van der Waals surface area contributed by atoms with E-state index in [0.717, 1.165) is 37.1 Å². The third kappa shape index (κ3) is 5.77. The van der Waals surface area contributed by atoms with Gasteiger partial charge in [-0.2, -0.15) is 0 Å². The van der Waals surface area contributed by atoms with Gasteiger partial charge in [0, 0.05) is 32.4 Å². The molecule has 1 aromatic rings. The second-order valence-corrected chi connectivity index (χ2v) is 7.92. The van der Waals surface area contributed by atoms with Gasteiger partial charge >= 0.3 is 6.09 Å². The molecule has 128 valence electrons. The highest BCUT2D eigenvalue weighted by molar-refractivity contribution is 9.10. The van der Waals surface area contributed by atoms with Gasteiger partial charge in [0.15, 0.2) is 0 Å². The summed E-state index contributed by atoms with van der Waals surface area (Å²) >= 11 is 3.41. The highest BCUT2D eigenvalue weighted by Gasteiger charge is 2.29. The molecule has 2 heterocycles. The van der Waals surface area contributed by atoms with Crippen LogP contribution in [0.25, 0.3) is 0 Å². The van der Waals surface area contributed by atoms with Crippen LogP contribution in [-0.4, -0.2) is 52.7 Å². The standard InChI is InChI=1S/C17H26BrN3O2/c1-17(2,3)23-16(22)20(4)14-6-5-9-21(12-14)11-13-7-8-19-15(18)10-13/h7-8,10,14H,5-6,9,11-12H2,1-4H3/t14-/m1/s1. The second kappa shape index (κ2) is 7.62. The minimum absolute atomic E-state index is 0.198. The van der Waals surface area contributed by atoms with Crippen LogP contribution in [0.1, 0.15) is 39.2 Å². The summed E-state index contributed by atoms with van der Waals surface area (Å²) in [5.74, 6) is 0. The molecule has 0 N–H and O–H groups in total. The summed E-state index contributed by atoms with van der Waals surface area (Å²) in [5.41, 5.74) is 0.774. The first kappa shape index (κ1) is 18.2. The molecule has 0 saturated carbocycles. The number of halogens is 1. The lowest BCUT2D eigenvalue weighted by Crippen LogP contribution is -2.49. The van der Waals surface area contributed by atoms with E-state index in [1.807, 2.05) is 46.1 Å². The van der Waals surface area contributed by atoms with Gasteiger partial charge in [-0.25, -0.2) is 9.78 Å². The number of ether oxygens (including phenoxy) is 1. The van der Waals surface area contributed by atoms with Crippen LogP contribution < -0.4 is 0 Å². The fraction of sp³-hybridized carbons (Fsp3) is 0.647. The number of carbonyl (C=O) groups excluding carboxylic acids is 1. The summed E-state index contributed by atoms with van der Waals surface area (Å²) in [5, 5.41) is 0. The highest BCUT2D eigenvalue weighted by atomic mass is 79.9. The molecule has 1 aliphatic heterocycles. The SMILES string of the molecule is CN(C(=O)OC(C)(C)C)[C@@H]1CCCN(Cc2ccnc(Br)c2)C1. The van der Waals surface area contributed by atoms with Crippen molar-refractivity contribution in [3.8, 4) is 0 Å². The number of amides is 1. The van der Waals surface area contributed by atoms with Crippen LogP contribution in [0, 0.1) is 0 Å². The van der Waals surface area contributed by atoms with E-state index in [1.165, 1.54) is 5.56 Å². The second-order valence-electron chi connectivity index (χ2n) is 7.11. The predicted molar refractivity (Wildman–Crippen MR) is 94.2 cm³/mol. The summed E-state index contributed by atoms with van der Waals surface area (Å²) < 4.78 is 6.33. The minimum atomic E-state index is -0.455. The monoisotopic (exact) mass is 383 g/mol. The van der Waals surface area contributed by atoms with Crippen LogP contribution in [0.2, 0.25) is 0 Å². The maximum Gasteiger partial charge on any atom is 0.410 e. The molecule has 0 spiro atoms. The molecule has 5 nitrogen and oxygen atoms in total. The molecule has 1 amide bonds. The van der Waals surface area contributed by atoms with Gasteiger partial charge in [0.05, 0.1) is 0 Å². The summed E-state index contributed by atoms with van der Waals surface area (Å²) in [6.07, 6.45) is 3.68. The molecule has 0 aliphatic carbocycles. The quantitative estimate of drug-likeness (QED) is 0.746. The van der Waals surface area contributed by atoms with Gasteiger partial charge in [0.1, 0.15) is 10.2 Å². The Morgan fingerprint density at radius 2 is 2.26 bits per heavy atom. The Morgan fingerprint density at radius 3 is 2.91 bits per heavy atom. The number of hydrogen-bond donors (Lipinski definition) is 0. The maximum atomic E-state index is 12.2. The highest BCUT2D eigenvalue weighted by Crippen LogP contribution is 2.20. The number of likely N-dealkylation sites (tertiary alicyclic amines) is 1. The number of rotatable bonds is 3. The number of aromatic nitrogens is 1. The molecule has 1 aliphatic rings. The Balaban J connectivity index is 1.93. The molecule has 1 fully saturated rings. The Hall–Kier alpha value is -1.14. The van der Waals surface area contributed by atoms with Crippen molar-refractivity contribution in [1.29, 1.82) is 0 Å². The van der Waals surface area contributed by atoms with E-state index >= 15 is 0 Å². The largest absolute Gasteiger partial charge is 0.444 e. The van der Waals surface area contributed by atoms with Crippen molar-refractivity contribution in [3.63, 3.8) is 0 Å². The molecule has 1 saturated heterocycles. The molecular formula is C17H26BrN3O2. The third-order valence-electron chi connectivity index (χ3n) is 3.91. The summed E-state index contributed by atoms with van der Waals surface area (Å²) in [4.78, 5) is 20.5. The average Bonchev–Trinajstić information content (AvgIpc) is 2.45. The Labute approximate surface area is 147 Å². The number of hydrogen-bond acceptors (Lipinski definition) is 4. The van der Waals surface area contributed by atoms with Gasteiger partial charge in [-0.1, -0.05) is 0 Å². The van der Waals surface area contributed by atoms with E-state index in [9.17, 15) is 4.79 Å². The van der Waals surface area contributed by atoms with E-state index in [2.05, 4.69) is 25.8 Å². The zero-order valence-electron chi connectivity index (χ0n) is 14.4. The van der Waals surface area contributed by atoms with E-state index in [0.29, 0.717) is 0 Å². The zero-order valence-corrected chi connectivity index (χ0v) is 16.0. The lowest BCUT2D eigenvalue weighted by Gasteiger charge is -2.38. The Bertz CT molecular complexity index is 545. The van der Waals surface area contributed by atoms with Gasteiger partial charge in [-0.05, 0) is 73.8 Å². The van der Waals surface area contributed by atoms with Crippen LogP contribution in [0.4, 0.5) is 4.79 Å². The van der Waals surface area contributed by atoms with Gasteiger partial charge in [0.25, 0.3) is 0 Å². The molecule has 2 rings (SSSR count). The number of carbonyl (C=O) groups is 1. The lowest BCUT2D eigenvalue weighted by atomic mass is 10.0. The third-order valence-corrected chi connectivity index (χ3v) is 4.34. The van der Waals surface area contributed by atoms with E-state index in [1.54, 1.807) is 4.90 Å². The van der Waals surface area contributed by atoms with Crippen molar-refractivity contribution in [2.45, 2.75) is 51.8 Å². The van der Waals surface area contributed by atoms with Crippen LogP contribution in [-0.2, 0) is 11.3 Å². The normalized spacial score (nSPS) is 19.4. The smallest absolute Gasteiger partial charge is 0.410 e. The number of nitrogens with zero attached hydrogens (tertiary/aromatic N) is 3. The molecule has 0 bridgehead atoms. The minimum Gasteiger partial charge on any atom is -0.444 e. The first-order chi connectivity index (χ1) is 10.7. The maximum absolute atomic E-state index is 12.2. The zero-order chi connectivity index (χ0) is 17.0. The average molecular weight is 384 g/mol. The number of likely N-dealkylation sites (N-methyl/N-ethyl adjacent to an activating group) is 1. The molecule has 0 aromatic carbocycles. The molecule has 6 heteroatoms. The van der Waals surface area contributed by atoms with Crippen molar-refractivity contribution in [1.82, 2.24) is 14.8 Å². The molecule has 1 aromatic heterocycles. The van der Waals surface area contributed by atoms with E-state index in [-0.39, 0.29) is 12.1 Å². The summed E-state index contributed by atoms with van der Waals surface area (Å²) in [7, 11) is 1.84. The van der Waals surface area contributed by atoms with Crippen molar-refractivity contribution >= 4 is 22.0 Å². The van der Waals surface area contributed by atoms with E-state index in [4.69, 9.17) is 4.74 Å². The van der Waals surface area contributed by atoms with Gasteiger partial charge in [0.2, 0.25) is 0 Å². The number of pyridine rings is 1. The topological polar surface area (TPSA) is 45.7 Å². The van der Waals surface area contributed by atoms with Crippen molar-refractivity contribution in [3.05, 3.63) is 28.5 Å². The summed E-state index contributed by atoms with van der Waals surface area (Å²) in [6, 6.07) is 4.27. The molecule has 1 atom stereocenters. The van der Waals surface area contributed by atoms with Crippen molar-refractivity contribution in [2.75, 3.05) is 20.1 Å². The first-order valence-corrected chi connectivity index (χ1v) is 8.82. The van der Waals surface area contributed by atoms with Gasteiger partial charge in [-0.3, -0.25) is 4.90 Å². The van der Waals surface area contributed by atoms with Gasteiger partial charge < -0.3 is 9.64 Å². The van der Waals surface area contributed by atoms with Crippen LogP contribution in [0.3, 0.4) is 0 Å². The predicted octanol–water partition coefficient (Wildman–Crippen LogP) is 3.68. The van der Waals surface area contributed by atoms with Crippen molar-refractivity contribution < 1.29 is 9.53 Å². The van der Waals surface area contributed by atoms with Crippen LogP contribution in [0.5, 0.6) is 0 Å².